The minimum atomic E-state index is -0.879. The molecule has 0 aromatic heterocycles. The third kappa shape index (κ3) is 14.2. The van der Waals surface area contributed by atoms with E-state index >= 15 is 0 Å². The van der Waals surface area contributed by atoms with E-state index in [0.29, 0.717) is 22.3 Å². The first-order valence-corrected chi connectivity index (χ1v) is 16.2. The minimum Gasteiger partial charge on any atom is -0.478 e. The molecule has 2 aromatic rings. The lowest BCUT2D eigenvalue weighted by atomic mass is 9.58. The molecule has 2 saturated carbocycles. The number of carboxylic acid groups (broad SMARTS) is 1. The van der Waals surface area contributed by atoms with Crippen molar-refractivity contribution in [1.29, 1.82) is 0 Å². The number of Topliss-reactive ketones (excluding diaryl/α,β-unsaturated/α-hetero) is 1. The summed E-state index contributed by atoms with van der Waals surface area (Å²) in [5, 5.41) is 8.38. The molecule has 2 aromatic carbocycles. The van der Waals surface area contributed by atoms with Crippen molar-refractivity contribution in [3.05, 3.63) is 83.9 Å². The predicted octanol–water partition coefficient (Wildman–Crippen LogP) is 10.5. The fraction of sp³-hybridized carbons (Fsp3) is 0.553. The molecule has 0 radical (unpaired) electrons. The molecule has 0 aliphatic heterocycles. The summed E-state index contributed by atoms with van der Waals surface area (Å²) in [5.41, 5.74) is 2.27. The Kier molecular flexibility index (Phi) is 20.7. The number of esters is 1. The van der Waals surface area contributed by atoms with Gasteiger partial charge < -0.3 is 9.84 Å². The summed E-state index contributed by atoms with van der Waals surface area (Å²) in [4.78, 5) is 33.0. The van der Waals surface area contributed by atoms with E-state index in [1.54, 1.807) is 54.6 Å². The molecule has 5 heteroatoms. The number of ketones is 1. The molecule has 240 valence electrons. The Bertz CT molecular complexity index is 1060. The summed E-state index contributed by atoms with van der Waals surface area (Å²) in [6, 6.07) is 17.2. The molecule has 0 heterocycles. The summed E-state index contributed by atoms with van der Waals surface area (Å²) in [5.74, 6) is 1.65. The summed E-state index contributed by atoms with van der Waals surface area (Å²) in [6.45, 7) is 19.3. The van der Waals surface area contributed by atoms with E-state index in [0.717, 1.165) is 42.6 Å². The normalized spacial score (nSPS) is 20.7. The smallest absolute Gasteiger partial charge is 0.337 e. The van der Waals surface area contributed by atoms with Gasteiger partial charge in [-0.1, -0.05) is 104 Å². The predicted molar refractivity (Wildman–Crippen MR) is 180 cm³/mol. The van der Waals surface area contributed by atoms with E-state index in [1.165, 1.54) is 45.6 Å². The molecule has 43 heavy (non-hydrogen) atoms. The van der Waals surface area contributed by atoms with Crippen LogP contribution in [0.2, 0.25) is 0 Å². The van der Waals surface area contributed by atoms with Crippen LogP contribution in [-0.4, -0.2) is 29.9 Å². The Hall–Kier alpha value is -3.21. The van der Waals surface area contributed by atoms with Gasteiger partial charge in [0.2, 0.25) is 0 Å². The molecular weight excluding hydrogens is 536 g/mol. The minimum absolute atomic E-state index is 0.291. The van der Waals surface area contributed by atoms with Crippen molar-refractivity contribution in [3.63, 3.8) is 0 Å². The van der Waals surface area contributed by atoms with Crippen molar-refractivity contribution in [2.75, 3.05) is 7.11 Å². The number of methoxy groups -OCH3 is 1. The summed E-state index contributed by atoms with van der Waals surface area (Å²) in [6.07, 6.45) is 10.6. The Morgan fingerprint density at radius 3 is 1.86 bits per heavy atom. The van der Waals surface area contributed by atoms with Gasteiger partial charge in [-0.3, -0.25) is 4.79 Å². The number of carbonyl (C=O) groups excluding carboxylic acids is 2. The lowest BCUT2D eigenvalue weighted by Crippen LogP contribution is -2.39. The zero-order chi connectivity index (χ0) is 32.8. The Morgan fingerprint density at radius 1 is 0.860 bits per heavy atom. The highest BCUT2D eigenvalue weighted by atomic mass is 16.5. The quantitative estimate of drug-likeness (QED) is 0.282. The SMILES string of the molecule is C=C1CCC(CC)C2CCCC(C)(C)C2CCCC1=O.CC.CC.COC(=O)c1ccccc1.O=C(O)c1ccccc1. The van der Waals surface area contributed by atoms with Crippen LogP contribution in [0, 0.1) is 23.2 Å². The van der Waals surface area contributed by atoms with Crippen LogP contribution in [-0.2, 0) is 9.53 Å². The van der Waals surface area contributed by atoms with Gasteiger partial charge in [-0.05, 0) is 91.5 Å². The second-order valence-corrected chi connectivity index (χ2v) is 11.3. The molecule has 0 amide bonds. The summed E-state index contributed by atoms with van der Waals surface area (Å²) >= 11 is 0. The van der Waals surface area contributed by atoms with E-state index in [-0.39, 0.29) is 5.97 Å². The van der Waals surface area contributed by atoms with Gasteiger partial charge in [0.05, 0.1) is 18.2 Å². The first-order valence-electron chi connectivity index (χ1n) is 16.2. The number of carbonyl (C=O) groups is 3. The average Bonchev–Trinajstić information content (AvgIpc) is 3.04. The van der Waals surface area contributed by atoms with Crippen LogP contribution in [0.3, 0.4) is 0 Å². The Morgan fingerprint density at radius 2 is 1.40 bits per heavy atom. The monoisotopic (exact) mass is 594 g/mol. The molecule has 2 fully saturated rings. The van der Waals surface area contributed by atoms with Crippen LogP contribution in [0.1, 0.15) is 127 Å². The van der Waals surface area contributed by atoms with E-state index < -0.39 is 5.97 Å². The van der Waals surface area contributed by atoms with Crippen LogP contribution >= 0.6 is 0 Å². The molecule has 3 atom stereocenters. The number of aromatic carboxylic acids is 1. The third-order valence-corrected chi connectivity index (χ3v) is 8.35. The van der Waals surface area contributed by atoms with E-state index in [9.17, 15) is 14.4 Å². The topological polar surface area (TPSA) is 80.7 Å². The van der Waals surface area contributed by atoms with Gasteiger partial charge in [0, 0.05) is 6.42 Å². The number of fused-ring (bicyclic) bond motifs is 1. The van der Waals surface area contributed by atoms with Crippen LogP contribution < -0.4 is 0 Å². The number of ether oxygens (including phenoxy) is 1. The van der Waals surface area contributed by atoms with Crippen molar-refractivity contribution < 1.29 is 24.2 Å². The highest BCUT2D eigenvalue weighted by molar-refractivity contribution is 5.94. The number of rotatable bonds is 3. The number of allylic oxidation sites excluding steroid dienone is 1. The van der Waals surface area contributed by atoms with Gasteiger partial charge >= 0.3 is 11.9 Å². The number of carboxylic acids is 1. The average molecular weight is 595 g/mol. The van der Waals surface area contributed by atoms with Gasteiger partial charge in [0.25, 0.3) is 0 Å². The largest absolute Gasteiger partial charge is 0.478 e. The maximum Gasteiger partial charge on any atom is 0.337 e. The Labute approximate surface area is 262 Å². The molecule has 0 spiro atoms. The molecule has 0 saturated heterocycles. The van der Waals surface area contributed by atoms with E-state index in [4.69, 9.17) is 5.11 Å². The molecule has 2 aliphatic rings. The van der Waals surface area contributed by atoms with Crippen molar-refractivity contribution >= 4 is 17.7 Å². The molecule has 0 bridgehead atoms. The van der Waals surface area contributed by atoms with Crippen molar-refractivity contribution in [2.45, 2.75) is 106 Å². The third-order valence-electron chi connectivity index (χ3n) is 8.35. The number of hydrogen-bond donors (Lipinski definition) is 1. The van der Waals surface area contributed by atoms with E-state index in [1.807, 2.05) is 33.8 Å². The molecule has 4 rings (SSSR count). The van der Waals surface area contributed by atoms with Crippen LogP contribution in [0.15, 0.2) is 72.8 Å². The fourth-order valence-corrected chi connectivity index (χ4v) is 6.08. The zero-order valence-electron chi connectivity index (χ0n) is 28.2. The first-order chi connectivity index (χ1) is 20.6. The Balaban J connectivity index is 0.000000642. The lowest BCUT2D eigenvalue weighted by molar-refractivity contribution is -0.116. The zero-order valence-corrected chi connectivity index (χ0v) is 28.2. The number of hydrogen-bond acceptors (Lipinski definition) is 4. The molecule has 1 N–H and O–H groups in total. The highest BCUT2D eigenvalue weighted by Gasteiger charge is 2.41. The first kappa shape index (κ1) is 39.8. The van der Waals surface area contributed by atoms with Gasteiger partial charge in [0.1, 0.15) is 0 Å². The maximum absolute atomic E-state index is 12.0. The number of benzene rings is 2. The molecule has 2 aliphatic carbocycles. The second kappa shape index (κ2) is 22.3. The molecular formula is C38H58O5. The fourth-order valence-electron chi connectivity index (χ4n) is 6.08. The standard InChI is InChI=1S/C19H32O.C8H8O2.C7H6O2.2C2H6/c1-5-15-12-11-14(2)18(20)10-6-9-17-16(15)8-7-13-19(17,3)4;1-10-8(9)7-5-3-2-4-6-7;8-7(9)6-4-2-1-3-5-6;2*1-2/h15-17H,2,5-13H2,1,3-4H3;2-6H,1H3;1-5H,(H,8,9);2*1-2H3. The van der Waals surface area contributed by atoms with Crippen molar-refractivity contribution in [2.24, 2.45) is 23.2 Å². The van der Waals surface area contributed by atoms with Crippen molar-refractivity contribution in [1.82, 2.24) is 0 Å². The van der Waals surface area contributed by atoms with Gasteiger partial charge in [-0.15, -0.1) is 0 Å². The van der Waals surface area contributed by atoms with Gasteiger partial charge in [-0.25, -0.2) is 9.59 Å². The van der Waals surface area contributed by atoms with Crippen molar-refractivity contribution in [3.8, 4) is 0 Å². The van der Waals surface area contributed by atoms with Gasteiger partial charge in [-0.2, -0.15) is 0 Å². The summed E-state index contributed by atoms with van der Waals surface area (Å²) < 4.78 is 4.50. The molecule has 3 unspecified atom stereocenters. The van der Waals surface area contributed by atoms with Crippen LogP contribution in [0.4, 0.5) is 0 Å². The lowest BCUT2D eigenvalue weighted by Gasteiger charge is -2.48. The van der Waals surface area contributed by atoms with E-state index in [2.05, 4.69) is 32.1 Å². The molecule has 5 nitrogen and oxygen atoms in total. The summed E-state index contributed by atoms with van der Waals surface area (Å²) in [7, 11) is 1.37. The second-order valence-electron chi connectivity index (χ2n) is 11.3. The van der Waals surface area contributed by atoms with Gasteiger partial charge in [0.15, 0.2) is 5.78 Å². The maximum atomic E-state index is 12.0. The van der Waals surface area contributed by atoms with Crippen LogP contribution in [0.5, 0.6) is 0 Å². The highest BCUT2D eigenvalue weighted by Crippen LogP contribution is 2.50. The van der Waals surface area contributed by atoms with Crippen LogP contribution in [0.25, 0.3) is 0 Å².